The molecule has 1 rings (SSSR count). The van der Waals surface area contributed by atoms with E-state index < -0.39 is 5.97 Å². The van der Waals surface area contributed by atoms with E-state index in [0.29, 0.717) is 6.42 Å². The Labute approximate surface area is 91.5 Å². The fraction of sp³-hybridized carbons (Fsp3) is 0.556. The van der Waals surface area contributed by atoms with Gasteiger partial charge in [0.05, 0.1) is 5.04 Å². The van der Waals surface area contributed by atoms with Crippen LogP contribution in [0, 0.1) is 5.92 Å². The van der Waals surface area contributed by atoms with Crippen molar-refractivity contribution < 1.29 is 9.90 Å². The highest BCUT2D eigenvalue weighted by Gasteiger charge is 2.24. The summed E-state index contributed by atoms with van der Waals surface area (Å²) in [5.74, 6) is -0.657. The molecule has 3 nitrogen and oxygen atoms in total. The number of rotatable bonds is 3. The zero-order chi connectivity index (χ0) is 10.7. The third kappa shape index (κ3) is 2.54. The average molecular weight is 231 g/mol. The second-order valence-electron chi connectivity index (χ2n) is 3.27. The first kappa shape index (κ1) is 11.7. The van der Waals surface area contributed by atoms with Crippen molar-refractivity contribution in [1.29, 1.82) is 0 Å². The third-order valence-corrected chi connectivity index (χ3v) is 3.63. The molecule has 0 aromatic carbocycles. The average Bonchev–Trinajstić information content (AvgIpc) is 2.49. The SMILES string of the molecule is CSSC1=NC(C(=O)O)=C(C(C)C)C1. The number of aliphatic imine (C=N–C) groups is 1. The molecule has 0 saturated heterocycles. The van der Waals surface area contributed by atoms with E-state index in [-0.39, 0.29) is 11.6 Å². The number of nitrogens with zero attached hydrogens (tertiary/aromatic N) is 1. The van der Waals surface area contributed by atoms with Crippen molar-refractivity contribution in [2.75, 3.05) is 6.26 Å². The molecule has 0 bridgehead atoms. The lowest BCUT2D eigenvalue weighted by molar-refractivity contribution is -0.132. The summed E-state index contributed by atoms with van der Waals surface area (Å²) in [7, 11) is 3.14. The van der Waals surface area contributed by atoms with Gasteiger partial charge < -0.3 is 5.11 Å². The second kappa shape index (κ2) is 4.89. The largest absolute Gasteiger partial charge is 0.477 e. The van der Waals surface area contributed by atoms with E-state index in [0.717, 1.165) is 10.6 Å². The summed E-state index contributed by atoms with van der Waals surface area (Å²) in [4.78, 5) is 15.0. The molecule has 1 heterocycles. The number of allylic oxidation sites excluding steroid dienone is 1. The molecule has 0 radical (unpaired) electrons. The first-order valence-corrected chi connectivity index (χ1v) is 6.86. The van der Waals surface area contributed by atoms with Crippen molar-refractivity contribution in [3.05, 3.63) is 11.3 Å². The highest BCUT2D eigenvalue weighted by molar-refractivity contribution is 8.82. The van der Waals surface area contributed by atoms with Crippen LogP contribution >= 0.6 is 21.6 Å². The molecular weight excluding hydrogens is 218 g/mol. The van der Waals surface area contributed by atoms with Gasteiger partial charge >= 0.3 is 5.97 Å². The van der Waals surface area contributed by atoms with Gasteiger partial charge in [-0.25, -0.2) is 9.79 Å². The minimum atomic E-state index is -0.912. The summed E-state index contributed by atoms with van der Waals surface area (Å²) in [6.07, 6.45) is 2.66. The van der Waals surface area contributed by atoms with Crippen LogP contribution in [-0.4, -0.2) is 22.4 Å². The van der Waals surface area contributed by atoms with Crippen LogP contribution in [0.1, 0.15) is 20.3 Å². The van der Waals surface area contributed by atoms with Gasteiger partial charge in [0.15, 0.2) is 0 Å². The predicted octanol–water partition coefficient (Wildman–Crippen LogP) is 2.79. The second-order valence-corrected chi connectivity index (χ2v) is 5.74. The van der Waals surface area contributed by atoms with Crippen molar-refractivity contribution in [3.63, 3.8) is 0 Å². The molecule has 5 heteroatoms. The first-order valence-electron chi connectivity index (χ1n) is 4.30. The van der Waals surface area contributed by atoms with E-state index in [1.807, 2.05) is 20.1 Å². The lowest BCUT2D eigenvalue weighted by Gasteiger charge is -2.06. The van der Waals surface area contributed by atoms with E-state index in [9.17, 15) is 4.79 Å². The Morgan fingerprint density at radius 1 is 1.57 bits per heavy atom. The van der Waals surface area contributed by atoms with Crippen LogP contribution in [0.2, 0.25) is 0 Å². The van der Waals surface area contributed by atoms with Crippen LogP contribution in [0.3, 0.4) is 0 Å². The molecule has 0 atom stereocenters. The Morgan fingerprint density at radius 3 is 2.57 bits per heavy atom. The molecule has 0 aliphatic carbocycles. The maximum atomic E-state index is 10.9. The summed E-state index contributed by atoms with van der Waals surface area (Å²) in [6, 6.07) is 0. The molecule has 1 aliphatic heterocycles. The summed E-state index contributed by atoms with van der Waals surface area (Å²) in [5, 5.41) is 9.84. The molecule has 1 N–H and O–H groups in total. The first-order chi connectivity index (χ1) is 6.56. The molecule has 1 aliphatic rings. The van der Waals surface area contributed by atoms with Crippen LogP contribution in [0.5, 0.6) is 0 Å². The van der Waals surface area contributed by atoms with Gasteiger partial charge in [-0.1, -0.05) is 24.6 Å². The van der Waals surface area contributed by atoms with Crippen LogP contribution in [0.25, 0.3) is 0 Å². The number of hydrogen-bond acceptors (Lipinski definition) is 4. The van der Waals surface area contributed by atoms with Crippen molar-refractivity contribution in [1.82, 2.24) is 0 Å². The summed E-state index contributed by atoms with van der Waals surface area (Å²) in [6.45, 7) is 4.00. The quantitative estimate of drug-likeness (QED) is 0.759. The van der Waals surface area contributed by atoms with Gasteiger partial charge in [0.25, 0.3) is 0 Å². The number of aliphatic carboxylic acids is 1. The Hall–Kier alpha value is -0.420. The number of carboxylic acid groups (broad SMARTS) is 1. The van der Waals surface area contributed by atoms with Gasteiger partial charge in [0.1, 0.15) is 5.70 Å². The van der Waals surface area contributed by atoms with Gasteiger partial charge in [-0.3, -0.25) is 0 Å². The third-order valence-electron chi connectivity index (χ3n) is 1.96. The predicted molar refractivity (Wildman–Crippen MR) is 62.7 cm³/mol. The smallest absolute Gasteiger partial charge is 0.354 e. The van der Waals surface area contributed by atoms with Gasteiger partial charge in [-0.2, -0.15) is 0 Å². The maximum absolute atomic E-state index is 10.9. The van der Waals surface area contributed by atoms with Crippen LogP contribution in [-0.2, 0) is 4.79 Å². The number of hydrogen-bond donors (Lipinski definition) is 1. The highest BCUT2D eigenvalue weighted by atomic mass is 33.1. The van der Waals surface area contributed by atoms with Crippen molar-refractivity contribution in [2.24, 2.45) is 10.9 Å². The number of carboxylic acids is 1. The summed E-state index contributed by atoms with van der Waals surface area (Å²) >= 11 is 0. The molecule has 14 heavy (non-hydrogen) atoms. The number of carbonyl (C=O) groups is 1. The van der Waals surface area contributed by atoms with Crippen molar-refractivity contribution in [3.8, 4) is 0 Å². The van der Waals surface area contributed by atoms with E-state index in [4.69, 9.17) is 5.11 Å². The van der Waals surface area contributed by atoms with E-state index in [1.165, 1.54) is 0 Å². The van der Waals surface area contributed by atoms with Gasteiger partial charge in [0, 0.05) is 6.42 Å². The van der Waals surface area contributed by atoms with E-state index in [2.05, 4.69) is 4.99 Å². The monoisotopic (exact) mass is 231 g/mol. The fourth-order valence-electron chi connectivity index (χ4n) is 1.29. The van der Waals surface area contributed by atoms with E-state index >= 15 is 0 Å². The Kier molecular flexibility index (Phi) is 4.07. The maximum Gasteiger partial charge on any atom is 0.354 e. The highest BCUT2D eigenvalue weighted by Crippen LogP contribution is 2.34. The van der Waals surface area contributed by atoms with Crippen LogP contribution in [0.15, 0.2) is 16.3 Å². The molecule has 78 valence electrons. The molecule has 0 amide bonds. The summed E-state index contributed by atoms with van der Waals surface area (Å²) < 4.78 is 0. The Balaban J connectivity index is 2.86. The van der Waals surface area contributed by atoms with Gasteiger partial charge in [-0.15, -0.1) is 0 Å². The van der Waals surface area contributed by atoms with Gasteiger partial charge in [0.2, 0.25) is 0 Å². The minimum Gasteiger partial charge on any atom is -0.477 e. The zero-order valence-electron chi connectivity index (χ0n) is 8.40. The minimum absolute atomic E-state index is 0.247. The van der Waals surface area contributed by atoms with E-state index in [1.54, 1.807) is 21.6 Å². The molecule has 0 saturated carbocycles. The lowest BCUT2D eigenvalue weighted by atomic mass is 10.00. The van der Waals surface area contributed by atoms with Crippen molar-refractivity contribution in [2.45, 2.75) is 20.3 Å². The molecule has 0 aromatic heterocycles. The standard InChI is InChI=1S/C9H13NO2S2/c1-5(2)6-4-7(14-13-3)10-8(6)9(11)12/h5H,4H2,1-3H3,(H,11,12). The topological polar surface area (TPSA) is 49.7 Å². The zero-order valence-corrected chi connectivity index (χ0v) is 10.0. The summed E-state index contributed by atoms with van der Waals surface area (Å²) in [5.41, 5.74) is 1.19. The van der Waals surface area contributed by atoms with Crippen LogP contribution in [0.4, 0.5) is 0 Å². The molecule has 0 spiro atoms. The normalized spacial score (nSPS) is 16.4. The molecule has 0 fully saturated rings. The van der Waals surface area contributed by atoms with Crippen LogP contribution < -0.4 is 0 Å². The van der Waals surface area contributed by atoms with Crippen molar-refractivity contribution >= 4 is 32.6 Å². The molecular formula is C9H13NO2S2. The Morgan fingerprint density at radius 2 is 2.21 bits per heavy atom. The Bertz CT molecular complexity index is 308. The fourth-order valence-corrected chi connectivity index (χ4v) is 2.69. The van der Waals surface area contributed by atoms with Gasteiger partial charge in [-0.05, 0) is 28.5 Å². The molecule has 0 aromatic rings. The lowest BCUT2D eigenvalue weighted by Crippen LogP contribution is -2.03. The molecule has 0 unspecified atom stereocenters.